The Morgan fingerprint density at radius 2 is 1.45 bits per heavy atom. The topological polar surface area (TPSA) is 186 Å². The van der Waals surface area contributed by atoms with E-state index in [2.05, 4.69) is 9.97 Å². The number of aromatic nitrogens is 2. The van der Waals surface area contributed by atoms with Crippen LogP contribution in [0.3, 0.4) is 0 Å². The normalized spacial score (nSPS) is 8.91. The number of nitrogens with zero attached hydrogens (tertiary/aromatic N) is 3. The van der Waals surface area contributed by atoms with E-state index < -0.39 is 0 Å². The largest absolute Gasteiger partial charge is 4.00 e. The van der Waals surface area contributed by atoms with Gasteiger partial charge in [0, 0.05) is 18.0 Å². The van der Waals surface area contributed by atoms with Crippen molar-refractivity contribution in [1.82, 2.24) is 9.97 Å². The second kappa shape index (κ2) is 12.9. The molecule has 0 aliphatic rings. The zero-order valence-electron chi connectivity index (χ0n) is 12.5. The molecular weight excluding hydrogens is 371 g/mol. The zero-order valence-corrected chi connectivity index (χ0v) is 14.2. The van der Waals surface area contributed by atoms with Crippen molar-refractivity contribution in [3.8, 4) is 11.4 Å². The van der Waals surface area contributed by atoms with Crippen LogP contribution in [-0.4, -0.2) is 28.0 Å². The van der Waals surface area contributed by atoms with Crippen molar-refractivity contribution in [3.63, 3.8) is 0 Å². The Morgan fingerprint density at radius 1 is 0.955 bits per heavy atom. The molecule has 0 saturated heterocycles. The molecule has 2 heterocycles. The van der Waals surface area contributed by atoms with Crippen molar-refractivity contribution < 1.29 is 24.2 Å². The number of hydrogen-bond acceptors (Lipinski definition) is 3. The van der Waals surface area contributed by atoms with Crippen LogP contribution in [0.25, 0.3) is 36.0 Å². The third kappa shape index (κ3) is 7.87. The van der Waals surface area contributed by atoms with Crippen LogP contribution in [0.4, 0.5) is 0 Å². The molecule has 0 fully saturated rings. The predicted molar refractivity (Wildman–Crippen MR) is 88.1 cm³/mol. The summed E-state index contributed by atoms with van der Waals surface area (Å²) in [6.07, 6.45) is 4.93. The molecule has 2 aromatic rings. The summed E-state index contributed by atoms with van der Waals surface area (Å²) in [6, 6.07) is 7.53. The van der Waals surface area contributed by atoms with Crippen LogP contribution in [0.2, 0.25) is 0 Å². The Labute approximate surface area is 143 Å². The van der Waals surface area contributed by atoms with Crippen molar-refractivity contribution in [3.05, 3.63) is 77.6 Å². The molecule has 2 aromatic heterocycles. The molecule has 8 nitrogen and oxygen atoms in total. The van der Waals surface area contributed by atoms with E-state index in [1.165, 1.54) is 13.3 Å². The smallest absolute Gasteiger partial charge is 0.693 e. The van der Waals surface area contributed by atoms with Gasteiger partial charge in [-0.25, -0.2) is 4.74 Å². The Balaban J connectivity index is -0.000000324. The van der Waals surface area contributed by atoms with Gasteiger partial charge in [0.05, 0.1) is 11.4 Å². The molecule has 0 aliphatic heterocycles. The molecule has 0 aromatic carbocycles. The van der Waals surface area contributed by atoms with Gasteiger partial charge in [-0.05, 0) is 36.8 Å². The van der Waals surface area contributed by atoms with Gasteiger partial charge < -0.3 is 29.8 Å². The van der Waals surface area contributed by atoms with E-state index in [1.807, 2.05) is 25.1 Å². The minimum absolute atomic E-state index is 0. The summed E-state index contributed by atoms with van der Waals surface area (Å²) in [5, 5.41) is 10.9. The Morgan fingerprint density at radius 3 is 1.95 bits per heavy atom. The van der Waals surface area contributed by atoms with E-state index >= 15 is 0 Å². The first-order valence-corrected chi connectivity index (χ1v) is 5.29. The van der Waals surface area contributed by atoms with Gasteiger partial charge in [-0.15, -0.1) is 0 Å². The number of pyridine rings is 2. The molecule has 9 heteroatoms. The van der Waals surface area contributed by atoms with Gasteiger partial charge in [-0.3, -0.25) is 9.97 Å². The van der Waals surface area contributed by atoms with Gasteiger partial charge in [0.25, 0.3) is 0 Å². The minimum atomic E-state index is 0. The minimum Gasteiger partial charge on any atom is -0.693 e. The molecule has 0 aliphatic carbocycles. The fraction of sp³-hybridized carbons (Fsp3) is 0.154. The Bertz CT molecular complexity index is 574. The molecule has 0 radical (unpaired) electrons. The maximum absolute atomic E-state index is 10.9. The maximum atomic E-state index is 10.9. The number of nitrogens with two attached hydrogens (primary N) is 4. The van der Waals surface area contributed by atoms with E-state index in [0.717, 1.165) is 27.3 Å². The summed E-state index contributed by atoms with van der Waals surface area (Å²) < 4.78 is 0.767. The Hall–Kier alpha value is -1.77. The molecule has 122 valence electrons. The maximum Gasteiger partial charge on any atom is 4.00 e. The summed E-state index contributed by atoms with van der Waals surface area (Å²) in [6.45, 7) is 2.01. The van der Waals surface area contributed by atoms with E-state index in [4.69, 9.17) is 0 Å². The first-order valence-electron chi connectivity index (χ1n) is 5.29. The third-order valence-corrected chi connectivity index (χ3v) is 2.29. The van der Waals surface area contributed by atoms with E-state index in [0.29, 0.717) is 0 Å². The molecule has 0 saturated carbocycles. The second-order valence-electron chi connectivity index (χ2n) is 3.87. The average Bonchev–Trinajstić information content (AvgIpc) is 2.28. The molecule has 0 amide bonds. The quantitative estimate of drug-likeness (QED) is 0.232. The van der Waals surface area contributed by atoms with Crippen LogP contribution in [0.5, 0.6) is 0 Å². The van der Waals surface area contributed by atoms with Crippen molar-refractivity contribution in [2.45, 2.75) is 6.92 Å². The summed E-state index contributed by atoms with van der Waals surface area (Å²) in [5.74, 6) is 0. The zero-order chi connectivity index (χ0) is 12.3. The van der Waals surface area contributed by atoms with Gasteiger partial charge in [-0.2, -0.15) is 0 Å². The summed E-state index contributed by atoms with van der Waals surface area (Å²) in [5.41, 5.74) is 3.53. The monoisotopic (exact) mass is 393 g/mol. The van der Waals surface area contributed by atoms with Gasteiger partial charge in [0.2, 0.25) is 0 Å². The van der Waals surface area contributed by atoms with Crippen molar-refractivity contribution in [1.29, 1.82) is 0 Å². The van der Waals surface area contributed by atoms with E-state index in [-0.39, 0.29) is 44.1 Å². The standard InChI is InChI=1S/C13H13N3O.4H2N.Ru/c1-10-3-5-14-12(7-10)13-8-11(4-6-15-13)9-16(2)17;;;;;/h3-9H,1-2H3;4*1H2;/q;4*-1;+4/b16-9-;;;;;. The summed E-state index contributed by atoms with van der Waals surface area (Å²) in [7, 11) is 1.45. The first-order chi connectivity index (χ1) is 8.15. The molecule has 0 spiro atoms. The van der Waals surface area contributed by atoms with E-state index in [9.17, 15) is 5.21 Å². The van der Waals surface area contributed by atoms with E-state index in [1.54, 1.807) is 18.5 Å². The van der Waals surface area contributed by atoms with Crippen molar-refractivity contribution in [2.75, 3.05) is 7.05 Å². The predicted octanol–water partition coefficient (Wildman–Crippen LogP) is 4.88. The van der Waals surface area contributed by atoms with Crippen molar-refractivity contribution >= 4 is 6.21 Å². The molecule has 8 N–H and O–H groups in total. The fourth-order valence-corrected chi connectivity index (χ4v) is 1.55. The number of rotatable bonds is 2. The molecule has 2 rings (SSSR count). The first kappa shape index (κ1) is 28.4. The molecule has 22 heavy (non-hydrogen) atoms. The van der Waals surface area contributed by atoms with Gasteiger partial charge >= 0.3 is 19.5 Å². The number of hydroxylamine groups is 1. The summed E-state index contributed by atoms with van der Waals surface area (Å²) in [4.78, 5) is 8.52. The number of hydrogen-bond donors (Lipinski definition) is 0. The van der Waals surface area contributed by atoms with Gasteiger partial charge in [-0.1, -0.05) is 0 Å². The average molecular weight is 392 g/mol. The third-order valence-electron chi connectivity index (χ3n) is 2.29. The number of aryl methyl sites for hydroxylation is 1. The Kier molecular flexibility index (Phi) is 16.7. The van der Waals surface area contributed by atoms with Crippen LogP contribution in [-0.2, 0) is 19.5 Å². The molecular formula is C13H21N7ORu. The van der Waals surface area contributed by atoms with Crippen LogP contribution in [0, 0.1) is 12.1 Å². The van der Waals surface area contributed by atoms with Crippen LogP contribution in [0.1, 0.15) is 11.1 Å². The summed E-state index contributed by atoms with van der Waals surface area (Å²) >= 11 is 0. The molecule has 0 atom stereocenters. The SMILES string of the molecule is Cc1ccnc(-c2cc(/C=[N+](/C)[O-])ccn2)c1.[NH2-].[NH2-].[NH2-].[NH2-].[Ru+4]. The second-order valence-corrected chi connectivity index (χ2v) is 3.87. The van der Waals surface area contributed by atoms with Crippen molar-refractivity contribution in [2.24, 2.45) is 0 Å². The van der Waals surface area contributed by atoms with Gasteiger partial charge in [0.15, 0.2) is 6.21 Å². The van der Waals surface area contributed by atoms with Crippen LogP contribution in [0.15, 0.2) is 36.7 Å². The van der Waals surface area contributed by atoms with Crippen LogP contribution < -0.4 is 0 Å². The van der Waals surface area contributed by atoms with Crippen LogP contribution >= 0.6 is 0 Å². The fourth-order valence-electron chi connectivity index (χ4n) is 1.55. The van der Waals surface area contributed by atoms with Gasteiger partial charge in [0.1, 0.15) is 7.05 Å². The molecule has 0 unspecified atom stereocenters. The molecule has 0 bridgehead atoms.